The van der Waals surface area contributed by atoms with Gasteiger partial charge < -0.3 is 4.40 Å². The molecule has 3 heterocycles. The van der Waals surface area contributed by atoms with Crippen LogP contribution in [0.4, 0.5) is 0 Å². The summed E-state index contributed by atoms with van der Waals surface area (Å²) in [5.74, 6) is 4.39. The first-order chi connectivity index (χ1) is 8.25. The number of hydrogen-bond donors (Lipinski definition) is 0. The molecule has 0 saturated carbocycles. The van der Waals surface area contributed by atoms with Gasteiger partial charge in [-0.25, -0.2) is 4.98 Å². The zero-order valence-electron chi connectivity index (χ0n) is 9.82. The van der Waals surface area contributed by atoms with Gasteiger partial charge in [-0.2, -0.15) is 11.8 Å². The maximum Gasteiger partial charge on any atom is 0.132 e. The van der Waals surface area contributed by atoms with Crippen molar-refractivity contribution >= 4 is 33.2 Å². The Kier molecular flexibility index (Phi) is 3.17. The molecule has 17 heavy (non-hydrogen) atoms. The van der Waals surface area contributed by atoms with Crippen LogP contribution in [0.2, 0.25) is 0 Å². The number of aromatic nitrogens is 2. The number of halogens is 1. The van der Waals surface area contributed by atoms with E-state index in [0.29, 0.717) is 5.92 Å². The summed E-state index contributed by atoms with van der Waals surface area (Å²) >= 11 is 5.63. The van der Waals surface area contributed by atoms with Crippen LogP contribution in [-0.4, -0.2) is 20.9 Å². The minimum Gasteiger partial charge on any atom is -0.302 e. The summed E-state index contributed by atoms with van der Waals surface area (Å²) in [5.41, 5.74) is 2.47. The molecule has 0 bridgehead atoms. The SMILES string of the molecule is Cc1ccc2c(Br)nc(C3CCSCC3)n2c1. The number of nitrogens with zero attached hydrogens (tertiary/aromatic N) is 2. The van der Waals surface area contributed by atoms with Crippen molar-refractivity contribution in [1.82, 2.24) is 9.38 Å². The van der Waals surface area contributed by atoms with Gasteiger partial charge in [-0.3, -0.25) is 0 Å². The number of imidazole rings is 1. The van der Waals surface area contributed by atoms with E-state index >= 15 is 0 Å². The zero-order valence-corrected chi connectivity index (χ0v) is 12.2. The Labute approximate surface area is 114 Å². The molecule has 2 aromatic rings. The summed E-state index contributed by atoms with van der Waals surface area (Å²) in [5, 5.41) is 0. The Morgan fingerprint density at radius 2 is 2.12 bits per heavy atom. The van der Waals surface area contributed by atoms with E-state index in [1.54, 1.807) is 0 Å². The van der Waals surface area contributed by atoms with Crippen molar-refractivity contribution in [1.29, 1.82) is 0 Å². The molecular weight excluding hydrogens is 296 g/mol. The standard InChI is InChI=1S/C13H15BrN2S/c1-9-2-3-11-12(14)15-13(16(11)8-9)10-4-6-17-7-5-10/h2-3,8,10H,4-7H2,1H3. The summed E-state index contributed by atoms with van der Waals surface area (Å²) in [6.07, 6.45) is 4.71. The van der Waals surface area contributed by atoms with Crippen LogP contribution in [-0.2, 0) is 0 Å². The first-order valence-electron chi connectivity index (χ1n) is 5.97. The van der Waals surface area contributed by atoms with Crippen molar-refractivity contribution in [2.24, 2.45) is 0 Å². The highest BCUT2D eigenvalue weighted by atomic mass is 79.9. The summed E-state index contributed by atoms with van der Waals surface area (Å²) in [6, 6.07) is 4.29. The van der Waals surface area contributed by atoms with E-state index in [2.05, 4.69) is 57.3 Å². The van der Waals surface area contributed by atoms with Crippen molar-refractivity contribution in [2.75, 3.05) is 11.5 Å². The quantitative estimate of drug-likeness (QED) is 0.791. The van der Waals surface area contributed by atoms with Crippen LogP contribution in [0.5, 0.6) is 0 Å². The minimum atomic E-state index is 0.622. The molecule has 4 heteroatoms. The van der Waals surface area contributed by atoms with Gasteiger partial charge in [-0.1, -0.05) is 6.07 Å². The van der Waals surface area contributed by atoms with Crippen LogP contribution in [0.3, 0.4) is 0 Å². The molecular formula is C13H15BrN2S. The second-order valence-electron chi connectivity index (χ2n) is 4.61. The van der Waals surface area contributed by atoms with Gasteiger partial charge in [0.2, 0.25) is 0 Å². The van der Waals surface area contributed by atoms with Gasteiger partial charge >= 0.3 is 0 Å². The summed E-state index contributed by atoms with van der Waals surface area (Å²) < 4.78 is 3.24. The highest BCUT2D eigenvalue weighted by Gasteiger charge is 2.21. The van der Waals surface area contributed by atoms with Crippen molar-refractivity contribution in [2.45, 2.75) is 25.7 Å². The second-order valence-corrected chi connectivity index (χ2v) is 6.59. The van der Waals surface area contributed by atoms with E-state index in [1.807, 2.05) is 0 Å². The van der Waals surface area contributed by atoms with Gasteiger partial charge in [0.05, 0.1) is 5.52 Å². The Morgan fingerprint density at radius 3 is 2.88 bits per heavy atom. The number of rotatable bonds is 1. The fourth-order valence-corrected chi connectivity index (χ4v) is 4.03. The van der Waals surface area contributed by atoms with Gasteiger partial charge in [-0.05, 0) is 58.8 Å². The number of fused-ring (bicyclic) bond motifs is 1. The predicted molar refractivity (Wildman–Crippen MR) is 76.9 cm³/mol. The van der Waals surface area contributed by atoms with Crippen LogP contribution < -0.4 is 0 Å². The molecule has 1 fully saturated rings. The molecule has 0 atom stereocenters. The van der Waals surface area contributed by atoms with E-state index in [4.69, 9.17) is 4.98 Å². The topological polar surface area (TPSA) is 17.3 Å². The normalized spacial score (nSPS) is 17.8. The maximum atomic E-state index is 4.72. The van der Waals surface area contributed by atoms with Crippen LogP contribution in [0.25, 0.3) is 5.52 Å². The zero-order chi connectivity index (χ0) is 11.8. The molecule has 1 aliphatic rings. The summed E-state index contributed by atoms with van der Waals surface area (Å²) in [4.78, 5) is 4.72. The van der Waals surface area contributed by atoms with Crippen LogP contribution in [0.1, 0.15) is 30.1 Å². The molecule has 1 saturated heterocycles. The first kappa shape index (κ1) is 11.6. The molecule has 0 N–H and O–H groups in total. The number of thioether (sulfide) groups is 1. The third-order valence-electron chi connectivity index (χ3n) is 3.35. The number of pyridine rings is 1. The van der Waals surface area contributed by atoms with Gasteiger partial charge in [0.15, 0.2) is 0 Å². The molecule has 0 amide bonds. The summed E-state index contributed by atoms with van der Waals surface area (Å²) in [6.45, 7) is 2.13. The third kappa shape index (κ3) is 2.13. The highest BCUT2D eigenvalue weighted by molar-refractivity contribution is 9.10. The monoisotopic (exact) mass is 310 g/mol. The van der Waals surface area contributed by atoms with Gasteiger partial charge in [0.1, 0.15) is 10.4 Å². The average molecular weight is 311 g/mol. The van der Waals surface area contributed by atoms with Gasteiger partial charge in [0.25, 0.3) is 0 Å². The fourth-order valence-electron chi connectivity index (χ4n) is 2.42. The Balaban J connectivity index is 2.11. The molecule has 2 nitrogen and oxygen atoms in total. The van der Waals surface area contributed by atoms with E-state index in [-0.39, 0.29) is 0 Å². The van der Waals surface area contributed by atoms with E-state index < -0.39 is 0 Å². The largest absolute Gasteiger partial charge is 0.302 e. The summed E-state index contributed by atoms with van der Waals surface area (Å²) in [7, 11) is 0. The molecule has 0 aromatic carbocycles. The molecule has 0 spiro atoms. The average Bonchev–Trinajstić information content (AvgIpc) is 2.67. The third-order valence-corrected chi connectivity index (χ3v) is 4.99. The Hall–Kier alpha value is -0.480. The highest BCUT2D eigenvalue weighted by Crippen LogP contribution is 2.33. The molecule has 1 aliphatic heterocycles. The van der Waals surface area contributed by atoms with E-state index in [1.165, 1.54) is 41.3 Å². The van der Waals surface area contributed by atoms with Crippen molar-refractivity contribution in [3.63, 3.8) is 0 Å². The van der Waals surface area contributed by atoms with Crippen LogP contribution in [0, 0.1) is 6.92 Å². The molecule has 2 aromatic heterocycles. The predicted octanol–water partition coefficient (Wildman–Crippen LogP) is 4.02. The molecule has 90 valence electrons. The Morgan fingerprint density at radius 1 is 1.35 bits per heavy atom. The smallest absolute Gasteiger partial charge is 0.132 e. The van der Waals surface area contributed by atoms with E-state index in [9.17, 15) is 0 Å². The lowest BCUT2D eigenvalue weighted by atomic mass is 10.0. The minimum absolute atomic E-state index is 0.622. The van der Waals surface area contributed by atoms with Crippen molar-refractivity contribution < 1.29 is 0 Å². The second kappa shape index (κ2) is 4.65. The molecule has 0 aliphatic carbocycles. The lowest BCUT2D eigenvalue weighted by molar-refractivity contribution is 0.595. The lowest BCUT2D eigenvalue weighted by Gasteiger charge is -2.20. The number of hydrogen-bond acceptors (Lipinski definition) is 2. The van der Waals surface area contributed by atoms with Crippen LogP contribution >= 0.6 is 27.7 Å². The van der Waals surface area contributed by atoms with Gasteiger partial charge in [-0.15, -0.1) is 0 Å². The lowest BCUT2D eigenvalue weighted by Crippen LogP contribution is -2.11. The van der Waals surface area contributed by atoms with Crippen LogP contribution in [0.15, 0.2) is 22.9 Å². The van der Waals surface area contributed by atoms with Crippen molar-refractivity contribution in [3.8, 4) is 0 Å². The molecule has 3 rings (SSSR count). The van der Waals surface area contributed by atoms with Crippen molar-refractivity contribution in [3.05, 3.63) is 34.3 Å². The van der Waals surface area contributed by atoms with Gasteiger partial charge in [0, 0.05) is 12.1 Å². The molecule has 0 unspecified atom stereocenters. The van der Waals surface area contributed by atoms with E-state index in [0.717, 1.165) is 4.60 Å². The Bertz CT molecular complexity index is 544. The first-order valence-corrected chi connectivity index (χ1v) is 7.92. The number of aryl methyl sites for hydroxylation is 1. The molecule has 0 radical (unpaired) electrons. The maximum absolute atomic E-state index is 4.72. The fraction of sp³-hybridized carbons (Fsp3) is 0.462.